The molecule has 7 heteroatoms. The van der Waals surface area contributed by atoms with Gasteiger partial charge >= 0.3 is 0 Å². The Labute approximate surface area is 138 Å². The van der Waals surface area contributed by atoms with Crippen LogP contribution >= 0.6 is 34.9 Å². The van der Waals surface area contributed by atoms with Gasteiger partial charge in [0.2, 0.25) is 0 Å². The predicted octanol–water partition coefficient (Wildman–Crippen LogP) is 3.82. The Bertz CT molecular complexity index is 631. The molecule has 2 aromatic rings. The molecule has 1 aromatic carbocycles. The number of rotatable bonds is 5. The molecule has 2 heterocycles. The largest absolute Gasteiger partial charge is 0.368 e. The average molecular weight is 345 g/mol. The standard InChI is InChI=1S/C14H18Cl2N4S/c1-2-4-17-7-9-3-5-20(8-9)14-11(16)6-10(15)12-13(14)19-21-18-12/h6,9,17H,2-5,7-8H2,1H3. The van der Waals surface area contributed by atoms with Crippen LogP contribution in [0.1, 0.15) is 19.8 Å². The summed E-state index contributed by atoms with van der Waals surface area (Å²) in [6.07, 6.45) is 2.35. The summed E-state index contributed by atoms with van der Waals surface area (Å²) in [5.74, 6) is 0.657. The minimum atomic E-state index is 0.577. The zero-order valence-electron chi connectivity index (χ0n) is 11.9. The lowest BCUT2D eigenvalue weighted by Gasteiger charge is -2.20. The van der Waals surface area contributed by atoms with Crippen molar-refractivity contribution in [2.75, 3.05) is 31.1 Å². The van der Waals surface area contributed by atoms with E-state index in [0.29, 0.717) is 16.0 Å². The van der Waals surface area contributed by atoms with E-state index in [1.54, 1.807) is 6.07 Å². The normalized spacial score (nSPS) is 18.8. The van der Waals surface area contributed by atoms with E-state index >= 15 is 0 Å². The third-order valence-electron chi connectivity index (χ3n) is 3.88. The number of hydrogen-bond donors (Lipinski definition) is 1. The van der Waals surface area contributed by atoms with E-state index in [1.807, 2.05) is 0 Å². The molecule has 0 radical (unpaired) electrons. The molecule has 1 N–H and O–H groups in total. The van der Waals surface area contributed by atoms with Gasteiger partial charge in [-0.1, -0.05) is 30.1 Å². The van der Waals surface area contributed by atoms with Crippen molar-refractivity contribution in [3.05, 3.63) is 16.1 Å². The molecular formula is C14H18Cl2N4S. The Hall–Kier alpha value is -0.620. The van der Waals surface area contributed by atoms with Crippen LogP contribution in [-0.2, 0) is 0 Å². The van der Waals surface area contributed by atoms with Crippen LogP contribution in [0, 0.1) is 5.92 Å². The predicted molar refractivity (Wildman–Crippen MR) is 90.9 cm³/mol. The van der Waals surface area contributed by atoms with Crippen LogP contribution in [0.15, 0.2) is 6.07 Å². The molecule has 1 aromatic heterocycles. The Morgan fingerprint density at radius 2 is 2.14 bits per heavy atom. The summed E-state index contributed by atoms with van der Waals surface area (Å²) in [4.78, 5) is 2.32. The number of halogens is 2. The Morgan fingerprint density at radius 3 is 2.95 bits per heavy atom. The molecule has 1 fully saturated rings. The summed E-state index contributed by atoms with van der Waals surface area (Å²) < 4.78 is 8.66. The first kappa shape index (κ1) is 15.3. The van der Waals surface area contributed by atoms with Crippen molar-refractivity contribution in [3.63, 3.8) is 0 Å². The van der Waals surface area contributed by atoms with Crippen molar-refractivity contribution < 1.29 is 0 Å². The van der Waals surface area contributed by atoms with E-state index in [1.165, 1.54) is 24.6 Å². The Kier molecular flexibility index (Phi) is 4.84. The molecule has 1 unspecified atom stereocenters. The van der Waals surface area contributed by atoms with Crippen LogP contribution in [0.2, 0.25) is 10.0 Å². The third kappa shape index (κ3) is 3.11. The van der Waals surface area contributed by atoms with Gasteiger partial charge in [0, 0.05) is 13.1 Å². The van der Waals surface area contributed by atoms with Gasteiger partial charge in [0.25, 0.3) is 0 Å². The number of anilines is 1. The fourth-order valence-corrected chi connectivity index (χ4v) is 4.07. The second kappa shape index (κ2) is 6.65. The van der Waals surface area contributed by atoms with Gasteiger partial charge in [-0.3, -0.25) is 0 Å². The minimum Gasteiger partial charge on any atom is -0.368 e. The summed E-state index contributed by atoms with van der Waals surface area (Å²) in [5.41, 5.74) is 2.58. The summed E-state index contributed by atoms with van der Waals surface area (Å²) in [7, 11) is 0. The first-order chi connectivity index (χ1) is 10.2. The zero-order chi connectivity index (χ0) is 14.8. The highest BCUT2D eigenvalue weighted by atomic mass is 35.5. The maximum absolute atomic E-state index is 6.42. The third-order valence-corrected chi connectivity index (χ3v) is 4.99. The van der Waals surface area contributed by atoms with Gasteiger partial charge in [0.1, 0.15) is 11.0 Å². The van der Waals surface area contributed by atoms with Gasteiger partial charge in [-0.25, -0.2) is 0 Å². The van der Waals surface area contributed by atoms with Crippen molar-refractivity contribution in [2.45, 2.75) is 19.8 Å². The van der Waals surface area contributed by atoms with Gasteiger partial charge in [-0.15, -0.1) is 0 Å². The van der Waals surface area contributed by atoms with E-state index in [2.05, 4.69) is 25.9 Å². The molecule has 21 heavy (non-hydrogen) atoms. The van der Waals surface area contributed by atoms with Crippen LogP contribution in [0.5, 0.6) is 0 Å². The molecule has 1 aliphatic heterocycles. The number of benzene rings is 1. The summed E-state index contributed by atoms with van der Waals surface area (Å²) in [6.45, 7) is 6.34. The summed E-state index contributed by atoms with van der Waals surface area (Å²) in [6, 6.07) is 1.78. The molecule has 0 bridgehead atoms. The summed E-state index contributed by atoms with van der Waals surface area (Å²) >= 11 is 13.8. The lowest BCUT2D eigenvalue weighted by molar-refractivity contribution is 0.516. The number of nitrogens with zero attached hydrogens (tertiary/aromatic N) is 3. The van der Waals surface area contributed by atoms with E-state index in [0.717, 1.165) is 42.9 Å². The van der Waals surface area contributed by atoms with Crippen LogP contribution in [0.4, 0.5) is 5.69 Å². The monoisotopic (exact) mass is 344 g/mol. The molecule has 4 nitrogen and oxygen atoms in total. The molecule has 3 rings (SSSR count). The lowest BCUT2D eigenvalue weighted by Crippen LogP contribution is -2.27. The van der Waals surface area contributed by atoms with Gasteiger partial charge in [0.15, 0.2) is 0 Å². The zero-order valence-corrected chi connectivity index (χ0v) is 14.2. The van der Waals surface area contributed by atoms with Crippen molar-refractivity contribution in [2.24, 2.45) is 5.92 Å². The van der Waals surface area contributed by atoms with Crippen molar-refractivity contribution in [1.29, 1.82) is 0 Å². The highest BCUT2D eigenvalue weighted by molar-refractivity contribution is 7.00. The molecule has 0 aliphatic carbocycles. The molecule has 0 spiro atoms. The average Bonchev–Trinajstić information content (AvgIpc) is 3.09. The maximum Gasteiger partial charge on any atom is 0.131 e. The first-order valence-electron chi connectivity index (χ1n) is 7.26. The lowest BCUT2D eigenvalue weighted by atomic mass is 10.1. The molecule has 1 aliphatic rings. The fraction of sp³-hybridized carbons (Fsp3) is 0.571. The highest BCUT2D eigenvalue weighted by Crippen LogP contribution is 2.39. The van der Waals surface area contributed by atoms with Crippen molar-refractivity contribution in [3.8, 4) is 0 Å². The molecule has 0 amide bonds. The summed E-state index contributed by atoms with van der Waals surface area (Å²) in [5, 5.41) is 4.74. The van der Waals surface area contributed by atoms with E-state index in [4.69, 9.17) is 23.2 Å². The number of aromatic nitrogens is 2. The fourth-order valence-electron chi connectivity index (χ4n) is 2.85. The quantitative estimate of drug-likeness (QED) is 0.837. The topological polar surface area (TPSA) is 41.0 Å². The highest BCUT2D eigenvalue weighted by Gasteiger charge is 2.27. The van der Waals surface area contributed by atoms with Crippen LogP contribution in [-0.4, -0.2) is 34.9 Å². The van der Waals surface area contributed by atoms with Crippen molar-refractivity contribution in [1.82, 2.24) is 14.1 Å². The number of hydrogen-bond acceptors (Lipinski definition) is 5. The van der Waals surface area contributed by atoms with Gasteiger partial charge in [-0.05, 0) is 37.9 Å². The minimum absolute atomic E-state index is 0.577. The van der Waals surface area contributed by atoms with Crippen LogP contribution < -0.4 is 10.2 Å². The Morgan fingerprint density at radius 1 is 1.33 bits per heavy atom. The van der Waals surface area contributed by atoms with Gasteiger partial charge < -0.3 is 10.2 Å². The van der Waals surface area contributed by atoms with E-state index < -0.39 is 0 Å². The second-order valence-corrected chi connectivity index (χ2v) is 6.80. The van der Waals surface area contributed by atoms with Crippen molar-refractivity contribution >= 4 is 51.7 Å². The van der Waals surface area contributed by atoms with E-state index in [-0.39, 0.29) is 0 Å². The SMILES string of the molecule is CCCNCC1CCN(c2c(Cl)cc(Cl)c3nsnc23)C1. The smallest absolute Gasteiger partial charge is 0.131 e. The first-order valence-corrected chi connectivity index (χ1v) is 8.75. The van der Waals surface area contributed by atoms with Crippen LogP contribution in [0.25, 0.3) is 11.0 Å². The molecule has 1 saturated heterocycles. The molecular weight excluding hydrogens is 327 g/mol. The second-order valence-electron chi connectivity index (χ2n) is 5.46. The molecule has 0 saturated carbocycles. The van der Waals surface area contributed by atoms with E-state index in [9.17, 15) is 0 Å². The molecule has 1 atom stereocenters. The van der Waals surface area contributed by atoms with Gasteiger partial charge in [-0.2, -0.15) is 8.75 Å². The number of nitrogens with one attached hydrogen (secondary N) is 1. The number of fused-ring (bicyclic) bond motifs is 1. The molecule has 114 valence electrons. The Balaban J connectivity index is 1.80. The van der Waals surface area contributed by atoms with Gasteiger partial charge in [0.05, 0.1) is 27.5 Å². The van der Waals surface area contributed by atoms with Crippen LogP contribution in [0.3, 0.4) is 0 Å². The maximum atomic E-state index is 6.42.